The van der Waals surface area contributed by atoms with Crippen LogP contribution in [0.15, 0.2) is 59.6 Å². The van der Waals surface area contributed by atoms with Crippen LogP contribution in [0.5, 0.6) is 0 Å². The minimum Gasteiger partial charge on any atom is -0.241 e. The van der Waals surface area contributed by atoms with Gasteiger partial charge in [0.2, 0.25) is 0 Å². The van der Waals surface area contributed by atoms with Crippen LogP contribution in [0, 0.1) is 6.92 Å². The van der Waals surface area contributed by atoms with Crippen molar-refractivity contribution in [1.29, 1.82) is 0 Å². The molecule has 0 bridgehead atoms. The number of nitrogens with zero attached hydrogens (tertiary/aromatic N) is 1. The summed E-state index contributed by atoms with van der Waals surface area (Å²) in [5.41, 5.74) is 4.87. The predicted molar refractivity (Wildman–Crippen MR) is 83.7 cm³/mol. The van der Waals surface area contributed by atoms with Gasteiger partial charge in [-0.2, -0.15) is 0 Å². The summed E-state index contributed by atoms with van der Waals surface area (Å²) in [6, 6.07) is 18.8. The van der Waals surface area contributed by atoms with Gasteiger partial charge in [0.15, 0.2) is 0 Å². The molecule has 2 aromatic carbocycles. The van der Waals surface area contributed by atoms with Crippen LogP contribution in [0.3, 0.4) is 0 Å². The van der Waals surface area contributed by atoms with Gasteiger partial charge < -0.3 is 0 Å². The maximum Gasteiger partial charge on any atom is 0.105 e. The molecule has 3 rings (SSSR count). The average molecular weight is 265 g/mol. The lowest BCUT2D eigenvalue weighted by atomic mass is 9.99. The number of thioether (sulfide) groups is 1. The van der Waals surface area contributed by atoms with Gasteiger partial charge in [-0.25, -0.2) is 4.98 Å². The van der Waals surface area contributed by atoms with Gasteiger partial charge in [-0.1, -0.05) is 48.5 Å². The van der Waals surface area contributed by atoms with Crippen LogP contribution >= 0.6 is 11.8 Å². The Bertz CT molecular complexity index is 720. The Morgan fingerprint density at radius 2 is 1.58 bits per heavy atom. The first-order valence-corrected chi connectivity index (χ1v) is 7.52. The molecule has 0 atom stereocenters. The molecule has 1 nitrogen and oxygen atoms in total. The molecule has 1 aromatic heterocycles. The van der Waals surface area contributed by atoms with Crippen LogP contribution in [-0.4, -0.2) is 11.2 Å². The van der Waals surface area contributed by atoms with Gasteiger partial charge in [-0.05, 0) is 30.4 Å². The molecule has 0 aliphatic carbocycles. The van der Waals surface area contributed by atoms with Crippen molar-refractivity contribution in [2.24, 2.45) is 0 Å². The van der Waals surface area contributed by atoms with Crippen LogP contribution in [-0.2, 0) is 0 Å². The van der Waals surface area contributed by atoms with E-state index in [1.165, 1.54) is 22.1 Å². The van der Waals surface area contributed by atoms with Gasteiger partial charge >= 0.3 is 0 Å². The Hall–Kier alpha value is -1.80. The Morgan fingerprint density at radius 3 is 2.32 bits per heavy atom. The van der Waals surface area contributed by atoms with Crippen LogP contribution in [0.2, 0.25) is 0 Å². The maximum atomic E-state index is 4.79. The molecular formula is C17H15NS. The van der Waals surface area contributed by atoms with E-state index in [0.717, 1.165) is 10.5 Å². The number of hydrogen-bond acceptors (Lipinski definition) is 2. The van der Waals surface area contributed by atoms with E-state index in [4.69, 9.17) is 4.98 Å². The van der Waals surface area contributed by atoms with Crippen molar-refractivity contribution in [3.8, 4) is 11.1 Å². The summed E-state index contributed by atoms with van der Waals surface area (Å²) < 4.78 is 0. The highest BCUT2D eigenvalue weighted by molar-refractivity contribution is 7.98. The van der Waals surface area contributed by atoms with Crippen molar-refractivity contribution in [3.63, 3.8) is 0 Å². The lowest BCUT2D eigenvalue weighted by molar-refractivity contribution is 1.18. The minimum absolute atomic E-state index is 1.07. The van der Waals surface area contributed by atoms with Crippen molar-refractivity contribution in [2.75, 3.05) is 6.26 Å². The zero-order valence-electron chi connectivity index (χ0n) is 11.1. The number of benzene rings is 2. The van der Waals surface area contributed by atoms with Gasteiger partial charge in [-0.15, -0.1) is 11.8 Å². The fraction of sp³-hybridized carbons (Fsp3) is 0.118. The van der Waals surface area contributed by atoms with Crippen LogP contribution in [0.1, 0.15) is 5.56 Å². The molecule has 1 heterocycles. The normalized spacial score (nSPS) is 10.8. The van der Waals surface area contributed by atoms with E-state index >= 15 is 0 Å². The Morgan fingerprint density at radius 1 is 0.895 bits per heavy atom. The van der Waals surface area contributed by atoms with Crippen LogP contribution in [0.25, 0.3) is 22.0 Å². The first-order chi connectivity index (χ1) is 9.31. The molecule has 0 N–H and O–H groups in total. The molecule has 94 valence electrons. The number of hydrogen-bond donors (Lipinski definition) is 0. The van der Waals surface area contributed by atoms with E-state index < -0.39 is 0 Å². The molecule has 19 heavy (non-hydrogen) atoms. The maximum absolute atomic E-state index is 4.79. The molecule has 0 aliphatic rings. The van der Waals surface area contributed by atoms with Gasteiger partial charge in [0.25, 0.3) is 0 Å². The third-order valence-electron chi connectivity index (χ3n) is 3.37. The molecule has 3 aromatic rings. The summed E-state index contributed by atoms with van der Waals surface area (Å²) in [6.45, 7) is 2.19. The zero-order valence-corrected chi connectivity index (χ0v) is 11.9. The molecule has 0 spiro atoms. The minimum atomic E-state index is 1.07. The van der Waals surface area contributed by atoms with E-state index in [1.807, 2.05) is 12.1 Å². The number of pyridine rings is 1. The second-order valence-electron chi connectivity index (χ2n) is 4.50. The summed E-state index contributed by atoms with van der Waals surface area (Å²) >= 11 is 1.71. The van der Waals surface area contributed by atoms with E-state index in [0.29, 0.717) is 0 Å². The molecule has 0 fully saturated rings. The van der Waals surface area contributed by atoms with Crippen molar-refractivity contribution in [1.82, 2.24) is 4.98 Å². The van der Waals surface area contributed by atoms with Crippen molar-refractivity contribution in [3.05, 3.63) is 60.2 Å². The molecule has 0 unspecified atom stereocenters. The Balaban J connectivity index is 2.37. The summed E-state index contributed by atoms with van der Waals surface area (Å²) in [5, 5.41) is 2.33. The number of aromatic nitrogens is 1. The van der Waals surface area contributed by atoms with Gasteiger partial charge in [-0.3, -0.25) is 0 Å². The van der Waals surface area contributed by atoms with E-state index in [2.05, 4.69) is 55.6 Å². The quantitative estimate of drug-likeness (QED) is 0.609. The van der Waals surface area contributed by atoms with E-state index in [-0.39, 0.29) is 0 Å². The standard InChI is InChI=1S/C17H15NS/c1-12-14-10-6-7-11-15(14)18-17(19-2)16(12)13-8-4-3-5-9-13/h3-11H,1-2H3. The first kappa shape index (κ1) is 12.2. The summed E-state index contributed by atoms with van der Waals surface area (Å²) in [4.78, 5) is 4.79. The van der Waals surface area contributed by atoms with Gasteiger partial charge in [0.05, 0.1) is 5.52 Å². The Labute approximate surface area is 117 Å². The Kier molecular flexibility index (Phi) is 3.26. The molecule has 2 heteroatoms. The molecule has 0 aliphatic heterocycles. The third kappa shape index (κ3) is 2.13. The predicted octanol–water partition coefficient (Wildman–Crippen LogP) is 4.93. The molecule has 0 saturated heterocycles. The van der Waals surface area contributed by atoms with Crippen LogP contribution < -0.4 is 0 Å². The number of para-hydroxylation sites is 1. The SMILES string of the molecule is CSc1nc2ccccc2c(C)c1-c1ccccc1. The van der Waals surface area contributed by atoms with E-state index in [9.17, 15) is 0 Å². The average Bonchev–Trinajstić information content (AvgIpc) is 2.48. The third-order valence-corrected chi connectivity index (χ3v) is 4.06. The van der Waals surface area contributed by atoms with Gasteiger partial charge in [0.1, 0.15) is 5.03 Å². The van der Waals surface area contributed by atoms with Crippen molar-refractivity contribution < 1.29 is 0 Å². The fourth-order valence-electron chi connectivity index (χ4n) is 2.44. The topological polar surface area (TPSA) is 12.9 Å². The number of aryl methyl sites for hydroxylation is 1. The zero-order chi connectivity index (χ0) is 13.2. The lowest BCUT2D eigenvalue weighted by Crippen LogP contribution is -1.93. The smallest absolute Gasteiger partial charge is 0.105 e. The largest absolute Gasteiger partial charge is 0.241 e. The molecular weight excluding hydrogens is 250 g/mol. The lowest BCUT2D eigenvalue weighted by Gasteiger charge is -2.13. The summed E-state index contributed by atoms with van der Waals surface area (Å²) in [6.07, 6.45) is 2.09. The van der Waals surface area contributed by atoms with E-state index in [1.54, 1.807) is 11.8 Å². The highest BCUT2D eigenvalue weighted by Gasteiger charge is 2.12. The van der Waals surface area contributed by atoms with Gasteiger partial charge in [0, 0.05) is 10.9 Å². The highest BCUT2D eigenvalue weighted by atomic mass is 32.2. The van der Waals surface area contributed by atoms with Crippen molar-refractivity contribution in [2.45, 2.75) is 11.9 Å². The molecule has 0 radical (unpaired) electrons. The highest BCUT2D eigenvalue weighted by Crippen LogP contribution is 2.35. The monoisotopic (exact) mass is 265 g/mol. The number of fused-ring (bicyclic) bond motifs is 1. The first-order valence-electron chi connectivity index (χ1n) is 6.30. The molecule has 0 amide bonds. The molecule has 0 saturated carbocycles. The fourth-order valence-corrected chi connectivity index (χ4v) is 3.11. The number of rotatable bonds is 2. The second-order valence-corrected chi connectivity index (χ2v) is 5.30. The summed E-state index contributed by atoms with van der Waals surface area (Å²) in [7, 11) is 0. The second kappa shape index (κ2) is 5.06. The van der Waals surface area contributed by atoms with Crippen LogP contribution in [0.4, 0.5) is 0 Å². The summed E-state index contributed by atoms with van der Waals surface area (Å²) in [5.74, 6) is 0. The van der Waals surface area contributed by atoms with Crippen molar-refractivity contribution >= 4 is 22.7 Å².